The molecule has 1 aromatic heterocycles. The predicted octanol–water partition coefficient (Wildman–Crippen LogP) is 1.31. The van der Waals surface area contributed by atoms with Crippen LogP contribution in [-0.2, 0) is 0 Å². The summed E-state index contributed by atoms with van der Waals surface area (Å²) < 4.78 is 5.59. The molecule has 0 bridgehead atoms. The Kier molecular flexibility index (Phi) is 3.50. The molecule has 4 nitrogen and oxygen atoms in total. The lowest BCUT2D eigenvalue weighted by Gasteiger charge is -2.22. The normalized spacial score (nSPS) is 21.3. The third-order valence-electron chi connectivity index (χ3n) is 2.61. The lowest BCUT2D eigenvalue weighted by atomic mass is 10.1. The summed E-state index contributed by atoms with van der Waals surface area (Å²) >= 11 is 0. The number of hydrogen-bond donors (Lipinski definition) is 1. The van der Waals surface area contributed by atoms with Crippen molar-refractivity contribution in [3.8, 4) is 5.88 Å². The van der Waals surface area contributed by atoms with Crippen molar-refractivity contribution >= 4 is 0 Å². The van der Waals surface area contributed by atoms with Gasteiger partial charge < -0.3 is 10.1 Å². The molecule has 1 saturated heterocycles. The van der Waals surface area contributed by atoms with Gasteiger partial charge in [-0.05, 0) is 31.9 Å². The van der Waals surface area contributed by atoms with Crippen LogP contribution in [0.4, 0.5) is 0 Å². The minimum Gasteiger partial charge on any atom is -0.475 e. The number of piperidine rings is 1. The average molecular weight is 207 g/mol. The first kappa shape index (κ1) is 10.4. The van der Waals surface area contributed by atoms with E-state index in [-0.39, 0.29) is 0 Å². The summed E-state index contributed by atoms with van der Waals surface area (Å²) in [6.45, 7) is 3.78. The van der Waals surface area contributed by atoms with Crippen molar-refractivity contribution in [2.75, 3.05) is 13.2 Å². The molecule has 15 heavy (non-hydrogen) atoms. The molecule has 0 spiro atoms. The number of hydrogen-bond acceptors (Lipinski definition) is 4. The summed E-state index contributed by atoms with van der Waals surface area (Å²) in [6.07, 6.45) is 5.49. The van der Waals surface area contributed by atoms with Gasteiger partial charge in [-0.3, -0.25) is 0 Å². The van der Waals surface area contributed by atoms with Crippen LogP contribution in [0.3, 0.4) is 0 Å². The van der Waals surface area contributed by atoms with Gasteiger partial charge in [0.15, 0.2) is 0 Å². The van der Waals surface area contributed by atoms with Gasteiger partial charge >= 0.3 is 0 Å². The van der Waals surface area contributed by atoms with Gasteiger partial charge in [-0.1, -0.05) is 6.42 Å². The number of nitrogens with one attached hydrogen (secondary N) is 1. The summed E-state index contributed by atoms with van der Waals surface area (Å²) in [4.78, 5) is 0. The Morgan fingerprint density at radius 1 is 1.53 bits per heavy atom. The molecule has 0 amide bonds. The highest BCUT2D eigenvalue weighted by Crippen LogP contribution is 2.10. The quantitative estimate of drug-likeness (QED) is 0.811. The minimum atomic E-state index is 0.473. The maximum atomic E-state index is 5.59. The zero-order valence-corrected chi connectivity index (χ0v) is 9.07. The van der Waals surface area contributed by atoms with E-state index < -0.39 is 0 Å². The van der Waals surface area contributed by atoms with Crippen molar-refractivity contribution in [3.05, 3.63) is 17.8 Å². The lowest BCUT2D eigenvalue weighted by molar-refractivity contribution is 0.230. The molecule has 0 radical (unpaired) electrons. The molecule has 2 rings (SSSR count). The standard InChI is InChI=1S/C11H17N3O/c1-9-6-11(14-13-7-9)15-8-10-4-2-3-5-12-10/h6-7,10,12H,2-5,8H2,1H3. The molecule has 2 heterocycles. The average Bonchev–Trinajstić information content (AvgIpc) is 2.28. The van der Waals surface area contributed by atoms with Crippen LogP contribution in [0.5, 0.6) is 5.88 Å². The van der Waals surface area contributed by atoms with Crippen molar-refractivity contribution in [2.24, 2.45) is 0 Å². The third kappa shape index (κ3) is 3.16. The topological polar surface area (TPSA) is 47.0 Å². The van der Waals surface area contributed by atoms with Crippen LogP contribution in [0.15, 0.2) is 12.3 Å². The van der Waals surface area contributed by atoms with Gasteiger partial charge in [0.1, 0.15) is 6.61 Å². The number of aromatic nitrogens is 2. The molecular weight excluding hydrogens is 190 g/mol. The van der Waals surface area contributed by atoms with Crippen LogP contribution in [0.2, 0.25) is 0 Å². The molecule has 82 valence electrons. The van der Waals surface area contributed by atoms with Crippen molar-refractivity contribution in [2.45, 2.75) is 32.2 Å². The van der Waals surface area contributed by atoms with Crippen molar-refractivity contribution in [3.63, 3.8) is 0 Å². The van der Waals surface area contributed by atoms with E-state index in [2.05, 4.69) is 15.5 Å². The Bertz CT molecular complexity index is 310. The second-order valence-corrected chi connectivity index (χ2v) is 4.03. The highest BCUT2D eigenvalue weighted by molar-refractivity contribution is 5.14. The van der Waals surface area contributed by atoms with E-state index in [9.17, 15) is 0 Å². The van der Waals surface area contributed by atoms with Crippen LogP contribution in [0.1, 0.15) is 24.8 Å². The first-order chi connectivity index (χ1) is 7.34. The number of ether oxygens (including phenoxy) is 1. The molecule has 1 aliphatic rings. The smallest absolute Gasteiger partial charge is 0.233 e. The number of nitrogens with zero attached hydrogens (tertiary/aromatic N) is 2. The molecule has 1 atom stereocenters. The first-order valence-corrected chi connectivity index (χ1v) is 5.50. The maximum Gasteiger partial charge on any atom is 0.233 e. The van der Waals surface area contributed by atoms with Gasteiger partial charge in [-0.15, -0.1) is 5.10 Å². The van der Waals surface area contributed by atoms with E-state index in [0.717, 1.165) is 12.1 Å². The second-order valence-electron chi connectivity index (χ2n) is 4.03. The van der Waals surface area contributed by atoms with Crippen molar-refractivity contribution in [1.82, 2.24) is 15.5 Å². The first-order valence-electron chi connectivity index (χ1n) is 5.50. The van der Waals surface area contributed by atoms with Gasteiger partial charge in [0, 0.05) is 12.1 Å². The molecule has 0 aliphatic carbocycles. The van der Waals surface area contributed by atoms with Gasteiger partial charge in [-0.2, -0.15) is 5.10 Å². The van der Waals surface area contributed by atoms with E-state index in [1.54, 1.807) is 6.20 Å². The molecule has 1 unspecified atom stereocenters. The third-order valence-corrected chi connectivity index (χ3v) is 2.61. The van der Waals surface area contributed by atoms with Crippen LogP contribution in [0, 0.1) is 6.92 Å². The Morgan fingerprint density at radius 3 is 3.20 bits per heavy atom. The molecule has 1 N–H and O–H groups in total. The molecule has 1 aromatic rings. The van der Waals surface area contributed by atoms with Crippen molar-refractivity contribution < 1.29 is 4.74 Å². The molecule has 1 fully saturated rings. The van der Waals surface area contributed by atoms with Gasteiger partial charge in [0.2, 0.25) is 5.88 Å². The Labute approximate surface area is 90.1 Å². The Balaban J connectivity index is 1.81. The summed E-state index contributed by atoms with van der Waals surface area (Å²) in [6, 6.07) is 2.39. The van der Waals surface area contributed by atoms with Gasteiger partial charge in [0.25, 0.3) is 0 Å². The monoisotopic (exact) mass is 207 g/mol. The van der Waals surface area contributed by atoms with Crippen LogP contribution >= 0.6 is 0 Å². The van der Waals surface area contributed by atoms with E-state index in [1.807, 2.05) is 13.0 Å². The summed E-state index contributed by atoms with van der Waals surface area (Å²) in [5.74, 6) is 0.627. The molecule has 1 aliphatic heterocycles. The van der Waals surface area contributed by atoms with Crippen LogP contribution in [0.25, 0.3) is 0 Å². The van der Waals surface area contributed by atoms with E-state index in [1.165, 1.54) is 19.3 Å². The Morgan fingerprint density at radius 2 is 2.47 bits per heavy atom. The number of rotatable bonds is 3. The zero-order valence-electron chi connectivity index (χ0n) is 9.07. The van der Waals surface area contributed by atoms with Gasteiger partial charge in [0.05, 0.1) is 6.20 Å². The SMILES string of the molecule is Cc1cnnc(OCC2CCCCN2)c1. The van der Waals surface area contributed by atoms with Crippen molar-refractivity contribution in [1.29, 1.82) is 0 Å². The van der Waals surface area contributed by atoms with Crippen LogP contribution in [-0.4, -0.2) is 29.4 Å². The highest BCUT2D eigenvalue weighted by Gasteiger charge is 2.13. The maximum absolute atomic E-state index is 5.59. The Hall–Kier alpha value is -1.16. The molecule has 4 heteroatoms. The molecule has 0 aromatic carbocycles. The van der Waals surface area contributed by atoms with Gasteiger partial charge in [-0.25, -0.2) is 0 Å². The number of aryl methyl sites for hydroxylation is 1. The molecular formula is C11H17N3O. The van der Waals surface area contributed by atoms with E-state index in [4.69, 9.17) is 4.74 Å². The fraction of sp³-hybridized carbons (Fsp3) is 0.636. The molecule has 0 saturated carbocycles. The fourth-order valence-electron chi connectivity index (χ4n) is 1.76. The summed E-state index contributed by atoms with van der Waals surface area (Å²) in [5, 5.41) is 11.2. The largest absolute Gasteiger partial charge is 0.475 e. The van der Waals surface area contributed by atoms with E-state index in [0.29, 0.717) is 18.5 Å². The summed E-state index contributed by atoms with van der Waals surface area (Å²) in [5.41, 5.74) is 1.08. The van der Waals surface area contributed by atoms with E-state index >= 15 is 0 Å². The fourth-order valence-corrected chi connectivity index (χ4v) is 1.76. The summed E-state index contributed by atoms with van der Waals surface area (Å²) in [7, 11) is 0. The van der Waals surface area contributed by atoms with Crippen LogP contribution < -0.4 is 10.1 Å². The predicted molar refractivity (Wildman–Crippen MR) is 57.9 cm³/mol. The zero-order chi connectivity index (χ0) is 10.5. The minimum absolute atomic E-state index is 0.473. The highest BCUT2D eigenvalue weighted by atomic mass is 16.5. The lowest BCUT2D eigenvalue weighted by Crippen LogP contribution is -2.38. The second kappa shape index (κ2) is 5.07.